The SMILES string of the molecule is Nc1ccc(Cl)c(S(=O)(=O)Nc2cc(Cl)ncn2)c1. The van der Waals surface area contributed by atoms with Crippen LogP contribution in [-0.4, -0.2) is 18.4 Å². The second-order valence-electron chi connectivity index (χ2n) is 3.52. The number of benzene rings is 1. The van der Waals surface area contributed by atoms with Crippen molar-refractivity contribution in [2.75, 3.05) is 10.5 Å². The largest absolute Gasteiger partial charge is 0.399 e. The maximum Gasteiger partial charge on any atom is 0.264 e. The van der Waals surface area contributed by atoms with Crippen LogP contribution in [0.15, 0.2) is 35.5 Å². The molecule has 0 atom stereocenters. The average Bonchev–Trinajstić information content (AvgIpc) is 2.31. The van der Waals surface area contributed by atoms with Crippen molar-refractivity contribution >= 4 is 44.7 Å². The summed E-state index contributed by atoms with van der Waals surface area (Å²) in [5.41, 5.74) is 5.83. The van der Waals surface area contributed by atoms with Gasteiger partial charge in [-0.15, -0.1) is 0 Å². The highest BCUT2D eigenvalue weighted by atomic mass is 35.5. The molecule has 0 radical (unpaired) electrons. The fraction of sp³-hybridized carbons (Fsp3) is 0. The van der Waals surface area contributed by atoms with Gasteiger partial charge in [0.2, 0.25) is 0 Å². The number of nitrogen functional groups attached to an aromatic ring is 1. The molecule has 0 fully saturated rings. The van der Waals surface area contributed by atoms with E-state index in [-0.39, 0.29) is 26.6 Å². The van der Waals surface area contributed by atoms with E-state index in [0.717, 1.165) is 6.33 Å². The molecule has 0 aliphatic rings. The zero-order valence-electron chi connectivity index (χ0n) is 9.34. The number of halogens is 2. The second-order valence-corrected chi connectivity index (χ2v) is 5.97. The highest BCUT2D eigenvalue weighted by Crippen LogP contribution is 2.25. The summed E-state index contributed by atoms with van der Waals surface area (Å²) in [5, 5.41) is 0.174. The van der Waals surface area contributed by atoms with Crippen LogP contribution in [0.2, 0.25) is 10.2 Å². The van der Waals surface area contributed by atoms with Crippen LogP contribution >= 0.6 is 23.2 Å². The first-order valence-electron chi connectivity index (χ1n) is 4.94. The minimum absolute atomic E-state index is 0.0403. The molecule has 1 aromatic heterocycles. The third-order valence-electron chi connectivity index (χ3n) is 2.12. The summed E-state index contributed by atoms with van der Waals surface area (Å²) in [4.78, 5) is 7.25. The summed E-state index contributed by atoms with van der Waals surface area (Å²) < 4.78 is 26.5. The van der Waals surface area contributed by atoms with Crippen molar-refractivity contribution in [3.8, 4) is 0 Å². The Morgan fingerprint density at radius 2 is 1.89 bits per heavy atom. The monoisotopic (exact) mass is 318 g/mol. The lowest BCUT2D eigenvalue weighted by Gasteiger charge is -2.09. The summed E-state index contributed by atoms with van der Waals surface area (Å²) in [5.74, 6) is 0.0403. The Morgan fingerprint density at radius 1 is 1.16 bits per heavy atom. The molecule has 0 bridgehead atoms. The number of rotatable bonds is 3. The summed E-state index contributed by atoms with van der Waals surface area (Å²) in [7, 11) is -3.89. The Morgan fingerprint density at radius 3 is 2.58 bits per heavy atom. The van der Waals surface area contributed by atoms with Crippen molar-refractivity contribution in [3.63, 3.8) is 0 Å². The minimum atomic E-state index is -3.89. The number of anilines is 2. The Kier molecular flexibility index (Phi) is 3.79. The van der Waals surface area contributed by atoms with E-state index >= 15 is 0 Å². The molecule has 0 amide bonds. The maximum absolute atomic E-state index is 12.1. The van der Waals surface area contributed by atoms with Gasteiger partial charge in [0.05, 0.1) is 5.02 Å². The molecular weight excluding hydrogens is 311 g/mol. The third kappa shape index (κ3) is 3.25. The van der Waals surface area contributed by atoms with Gasteiger partial charge >= 0.3 is 0 Å². The molecule has 0 aliphatic heterocycles. The zero-order valence-corrected chi connectivity index (χ0v) is 11.7. The number of sulfonamides is 1. The molecule has 19 heavy (non-hydrogen) atoms. The Balaban J connectivity index is 2.40. The van der Waals surface area contributed by atoms with E-state index in [4.69, 9.17) is 28.9 Å². The van der Waals surface area contributed by atoms with E-state index in [2.05, 4.69) is 14.7 Å². The van der Waals surface area contributed by atoms with Gasteiger partial charge < -0.3 is 5.73 Å². The standard InChI is InChI=1S/C10H8Cl2N4O2S/c11-7-2-1-6(13)3-8(7)19(17,18)16-10-4-9(12)14-5-15-10/h1-5H,13H2,(H,14,15,16). The van der Waals surface area contributed by atoms with Crippen LogP contribution in [0, 0.1) is 0 Å². The van der Waals surface area contributed by atoms with Gasteiger partial charge in [0.15, 0.2) is 0 Å². The molecule has 6 nitrogen and oxygen atoms in total. The Bertz CT molecular complexity index is 721. The number of hydrogen-bond acceptors (Lipinski definition) is 5. The minimum Gasteiger partial charge on any atom is -0.399 e. The lowest BCUT2D eigenvalue weighted by Crippen LogP contribution is -2.14. The predicted octanol–water partition coefficient (Wildman–Crippen LogP) is 2.17. The van der Waals surface area contributed by atoms with Crippen molar-refractivity contribution < 1.29 is 8.42 Å². The van der Waals surface area contributed by atoms with Gasteiger partial charge in [-0.25, -0.2) is 18.4 Å². The number of nitrogens with two attached hydrogens (primary N) is 1. The lowest BCUT2D eigenvalue weighted by atomic mass is 10.3. The van der Waals surface area contributed by atoms with Crippen LogP contribution in [0.25, 0.3) is 0 Å². The Labute approximate surface area is 119 Å². The quantitative estimate of drug-likeness (QED) is 0.667. The zero-order chi connectivity index (χ0) is 14.0. The second kappa shape index (κ2) is 5.20. The van der Waals surface area contributed by atoms with Gasteiger partial charge in [-0.1, -0.05) is 23.2 Å². The summed E-state index contributed by atoms with van der Waals surface area (Å²) in [6.07, 6.45) is 1.14. The molecule has 0 saturated carbocycles. The smallest absolute Gasteiger partial charge is 0.264 e. The van der Waals surface area contributed by atoms with E-state index in [1.54, 1.807) is 0 Å². The van der Waals surface area contributed by atoms with Crippen molar-refractivity contribution in [2.24, 2.45) is 0 Å². The first-order valence-corrected chi connectivity index (χ1v) is 7.18. The highest BCUT2D eigenvalue weighted by Gasteiger charge is 2.19. The number of nitrogens with one attached hydrogen (secondary N) is 1. The molecule has 0 spiro atoms. The molecule has 1 aromatic carbocycles. The molecule has 100 valence electrons. The van der Waals surface area contributed by atoms with Crippen LogP contribution in [-0.2, 0) is 10.0 Å². The van der Waals surface area contributed by atoms with Gasteiger partial charge in [-0.3, -0.25) is 4.72 Å². The van der Waals surface area contributed by atoms with Crippen LogP contribution in [0.4, 0.5) is 11.5 Å². The van der Waals surface area contributed by atoms with Crippen LogP contribution in [0.1, 0.15) is 0 Å². The van der Waals surface area contributed by atoms with Crippen LogP contribution < -0.4 is 10.5 Å². The maximum atomic E-state index is 12.1. The van der Waals surface area contributed by atoms with Crippen molar-refractivity contribution in [2.45, 2.75) is 4.90 Å². The molecule has 9 heteroatoms. The topological polar surface area (TPSA) is 98.0 Å². The van der Waals surface area contributed by atoms with E-state index < -0.39 is 10.0 Å². The summed E-state index contributed by atoms with van der Waals surface area (Å²) in [6.45, 7) is 0. The van der Waals surface area contributed by atoms with E-state index in [1.807, 2.05) is 0 Å². The first-order chi connectivity index (χ1) is 8.88. The lowest BCUT2D eigenvalue weighted by molar-refractivity contribution is 0.601. The van der Waals surface area contributed by atoms with E-state index in [1.165, 1.54) is 24.3 Å². The molecule has 1 heterocycles. The molecule has 3 N–H and O–H groups in total. The molecule has 0 aliphatic carbocycles. The fourth-order valence-electron chi connectivity index (χ4n) is 1.31. The third-order valence-corrected chi connectivity index (χ3v) is 4.16. The number of nitrogens with zero attached hydrogens (tertiary/aromatic N) is 2. The first kappa shape index (κ1) is 13.9. The predicted molar refractivity (Wildman–Crippen MR) is 73.7 cm³/mol. The molecule has 2 rings (SSSR count). The molecule has 2 aromatic rings. The van der Waals surface area contributed by atoms with Gasteiger partial charge in [0.1, 0.15) is 22.2 Å². The molecular formula is C10H8Cl2N4O2S. The van der Waals surface area contributed by atoms with Crippen molar-refractivity contribution in [1.82, 2.24) is 9.97 Å². The highest BCUT2D eigenvalue weighted by molar-refractivity contribution is 7.92. The average molecular weight is 319 g/mol. The van der Waals surface area contributed by atoms with Gasteiger partial charge in [0.25, 0.3) is 10.0 Å². The summed E-state index contributed by atoms with van der Waals surface area (Å²) in [6, 6.07) is 5.44. The van der Waals surface area contributed by atoms with Gasteiger partial charge in [-0.2, -0.15) is 0 Å². The molecule has 0 unspecified atom stereocenters. The van der Waals surface area contributed by atoms with E-state index in [9.17, 15) is 8.42 Å². The molecule has 0 saturated heterocycles. The fourth-order valence-corrected chi connectivity index (χ4v) is 2.99. The van der Waals surface area contributed by atoms with Gasteiger partial charge in [0, 0.05) is 11.8 Å². The van der Waals surface area contributed by atoms with Crippen LogP contribution in [0.3, 0.4) is 0 Å². The Hall–Kier alpha value is -1.57. The number of hydrogen-bond donors (Lipinski definition) is 2. The van der Waals surface area contributed by atoms with Crippen LogP contribution in [0.5, 0.6) is 0 Å². The number of aromatic nitrogens is 2. The van der Waals surface area contributed by atoms with E-state index in [0.29, 0.717) is 0 Å². The summed E-state index contributed by atoms with van der Waals surface area (Å²) >= 11 is 11.5. The van der Waals surface area contributed by atoms with Crippen molar-refractivity contribution in [1.29, 1.82) is 0 Å². The normalized spacial score (nSPS) is 11.3. The van der Waals surface area contributed by atoms with Crippen molar-refractivity contribution in [3.05, 3.63) is 40.8 Å². The van der Waals surface area contributed by atoms with Gasteiger partial charge in [-0.05, 0) is 18.2 Å².